The molecule has 0 fully saturated rings. The number of benzene rings is 1. The molecule has 0 aromatic heterocycles. The topological polar surface area (TPSA) is 63.4 Å². The highest BCUT2D eigenvalue weighted by Crippen LogP contribution is 2.26. The van der Waals surface area contributed by atoms with Gasteiger partial charge in [0.25, 0.3) is 5.69 Å². The van der Waals surface area contributed by atoms with E-state index < -0.39 is 29.3 Å². The van der Waals surface area contributed by atoms with Crippen molar-refractivity contribution in [3.05, 3.63) is 39.9 Å². The number of nitro benzene ring substituents is 1. The van der Waals surface area contributed by atoms with Crippen LogP contribution < -0.4 is 0 Å². The van der Waals surface area contributed by atoms with Gasteiger partial charge in [-0.1, -0.05) is 18.2 Å². The van der Waals surface area contributed by atoms with Gasteiger partial charge in [-0.3, -0.25) is 10.1 Å². The second-order valence-electron chi connectivity index (χ2n) is 3.15. The van der Waals surface area contributed by atoms with Gasteiger partial charge in [0.1, 0.15) is 0 Å². The minimum absolute atomic E-state index is 0.141. The van der Waals surface area contributed by atoms with Crippen molar-refractivity contribution in [1.29, 1.82) is 0 Å². The Balaban J connectivity index is 2.93. The summed E-state index contributed by atoms with van der Waals surface area (Å²) in [7, 11) is 0. The standard InChI is InChI=1S/C9H8F3NO3/c10-9(11,12)8(14)5-6-3-1-2-4-7(6)13(15)16/h1-4,8,14H,5H2. The van der Waals surface area contributed by atoms with Crippen LogP contribution in [0.3, 0.4) is 0 Å². The number of hydrogen-bond donors (Lipinski definition) is 1. The van der Waals surface area contributed by atoms with Crippen LogP contribution in [0, 0.1) is 10.1 Å². The molecule has 1 aromatic carbocycles. The fraction of sp³-hybridized carbons (Fsp3) is 0.333. The van der Waals surface area contributed by atoms with Crippen molar-refractivity contribution in [1.82, 2.24) is 0 Å². The van der Waals surface area contributed by atoms with E-state index in [1.54, 1.807) is 0 Å². The third-order valence-electron chi connectivity index (χ3n) is 1.98. The number of alkyl halides is 3. The number of rotatable bonds is 3. The molecule has 1 rings (SSSR count). The van der Waals surface area contributed by atoms with Gasteiger partial charge in [0.15, 0.2) is 6.10 Å². The lowest BCUT2D eigenvalue weighted by atomic mass is 10.1. The molecular weight excluding hydrogens is 227 g/mol. The summed E-state index contributed by atoms with van der Waals surface area (Å²) in [5.74, 6) is 0. The first-order valence-corrected chi connectivity index (χ1v) is 4.29. The van der Waals surface area contributed by atoms with Gasteiger partial charge in [0.05, 0.1) is 4.92 Å². The maximum Gasteiger partial charge on any atom is 0.414 e. The Labute approximate surface area is 88.5 Å². The van der Waals surface area contributed by atoms with Gasteiger partial charge in [0, 0.05) is 18.1 Å². The molecule has 0 bridgehead atoms. The zero-order valence-electron chi connectivity index (χ0n) is 7.94. The van der Waals surface area contributed by atoms with Gasteiger partial charge in [-0.2, -0.15) is 13.2 Å². The monoisotopic (exact) mass is 235 g/mol. The number of aliphatic hydroxyl groups excluding tert-OH is 1. The highest BCUT2D eigenvalue weighted by atomic mass is 19.4. The summed E-state index contributed by atoms with van der Waals surface area (Å²) in [6.45, 7) is 0. The Hall–Kier alpha value is -1.63. The molecule has 0 saturated carbocycles. The number of aliphatic hydroxyl groups is 1. The Bertz CT molecular complexity index is 392. The van der Waals surface area contributed by atoms with Crippen LogP contribution in [0.1, 0.15) is 5.56 Å². The second kappa shape index (κ2) is 4.48. The molecule has 1 unspecified atom stereocenters. The van der Waals surface area contributed by atoms with Crippen LogP contribution in [0.2, 0.25) is 0 Å². The van der Waals surface area contributed by atoms with Crippen molar-refractivity contribution in [2.45, 2.75) is 18.7 Å². The van der Waals surface area contributed by atoms with E-state index in [1.165, 1.54) is 18.2 Å². The molecule has 1 N–H and O–H groups in total. The molecule has 0 aliphatic carbocycles. The molecule has 0 spiro atoms. The molecule has 1 aromatic rings. The predicted octanol–water partition coefficient (Wildman–Crippen LogP) is 2.06. The summed E-state index contributed by atoms with van der Waals surface area (Å²) < 4.78 is 36.1. The molecular formula is C9H8F3NO3. The molecule has 0 radical (unpaired) electrons. The Morgan fingerprint density at radius 1 is 1.38 bits per heavy atom. The van der Waals surface area contributed by atoms with Gasteiger partial charge in [-0.25, -0.2) is 0 Å². The second-order valence-corrected chi connectivity index (χ2v) is 3.15. The first kappa shape index (κ1) is 12.4. The first-order chi connectivity index (χ1) is 7.32. The molecule has 0 heterocycles. The van der Waals surface area contributed by atoms with Crippen LogP contribution in [0.4, 0.5) is 18.9 Å². The zero-order chi connectivity index (χ0) is 12.3. The molecule has 0 saturated heterocycles. The lowest BCUT2D eigenvalue weighted by Gasteiger charge is -2.14. The summed E-state index contributed by atoms with van der Waals surface area (Å²) in [5, 5.41) is 19.3. The van der Waals surface area contributed by atoms with Crippen LogP contribution in [-0.2, 0) is 6.42 Å². The number of para-hydroxylation sites is 1. The van der Waals surface area contributed by atoms with Crippen LogP contribution in [0.15, 0.2) is 24.3 Å². The van der Waals surface area contributed by atoms with E-state index >= 15 is 0 Å². The van der Waals surface area contributed by atoms with E-state index in [9.17, 15) is 23.3 Å². The molecule has 0 aliphatic rings. The first-order valence-electron chi connectivity index (χ1n) is 4.29. The van der Waals surface area contributed by atoms with Gasteiger partial charge in [0.2, 0.25) is 0 Å². The minimum Gasteiger partial charge on any atom is -0.383 e. The zero-order valence-corrected chi connectivity index (χ0v) is 7.94. The van der Waals surface area contributed by atoms with Crippen molar-refractivity contribution >= 4 is 5.69 Å². The number of halogens is 3. The van der Waals surface area contributed by atoms with Crippen molar-refractivity contribution in [2.24, 2.45) is 0 Å². The Morgan fingerprint density at radius 3 is 2.44 bits per heavy atom. The summed E-state index contributed by atoms with van der Waals surface area (Å²) in [6, 6.07) is 5.01. The Morgan fingerprint density at radius 2 is 1.94 bits per heavy atom. The van der Waals surface area contributed by atoms with Crippen molar-refractivity contribution in [3.63, 3.8) is 0 Å². The average molecular weight is 235 g/mol. The van der Waals surface area contributed by atoms with E-state index in [1.807, 2.05) is 0 Å². The van der Waals surface area contributed by atoms with Gasteiger partial charge in [-0.05, 0) is 0 Å². The smallest absolute Gasteiger partial charge is 0.383 e. The van der Waals surface area contributed by atoms with Crippen molar-refractivity contribution < 1.29 is 23.2 Å². The van der Waals surface area contributed by atoms with Gasteiger partial charge >= 0.3 is 6.18 Å². The SMILES string of the molecule is O=[N+]([O-])c1ccccc1CC(O)C(F)(F)F. The fourth-order valence-electron chi connectivity index (χ4n) is 1.19. The van der Waals surface area contributed by atoms with E-state index in [4.69, 9.17) is 5.11 Å². The quantitative estimate of drug-likeness (QED) is 0.644. The molecule has 16 heavy (non-hydrogen) atoms. The van der Waals surface area contributed by atoms with Crippen LogP contribution in [-0.4, -0.2) is 22.3 Å². The van der Waals surface area contributed by atoms with E-state index in [0.29, 0.717) is 0 Å². The lowest BCUT2D eigenvalue weighted by Crippen LogP contribution is -2.30. The molecule has 1 atom stereocenters. The number of nitro groups is 1. The van der Waals surface area contributed by atoms with Crippen molar-refractivity contribution in [3.8, 4) is 0 Å². The third-order valence-corrected chi connectivity index (χ3v) is 1.98. The molecule has 7 heteroatoms. The van der Waals surface area contributed by atoms with Crippen LogP contribution in [0.25, 0.3) is 0 Å². The molecule has 0 amide bonds. The molecule has 88 valence electrons. The summed E-state index contributed by atoms with van der Waals surface area (Å²) >= 11 is 0. The normalized spacial score (nSPS) is 13.5. The van der Waals surface area contributed by atoms with E-state index in [-0.39, 0.29) is 5.56 Å². The third kappa shape index (κ3) is 2.93. The van der Waals surface area contributed by atoms with E-state index in [0.717, 1.165) is 6.07 Å². The van der Waals surface area contributed by atoms with Crippen LogP contribution >= 0.6 is 0 Å². The maximum absolute atomic E-state index is 12.0. The molecule has 0 aliphatic heterocycles. The highest BCUT2D eigenvalue weighted by molar-refractivity contribution is 5.40. The summed E-state index contributed by atoms with van der Waals surface area (Å²) in [4.78, 5) is 9.72. The predicted molar refractivity (Wildman–Crippen MR) is 48.9 cm³/mol. The number of hydrogen-bond acceptors (Lipinski definition) is 3. The minimum atomic E-state index is -4.77. The van der Waals surface area contributed by atoms with Gasteiger partial charge < -0.3 is 5.11 Å². The molecule has 4 nitrogen and oxygen atoms in total. The summed E-state index contributed by atoms with van der Waals surface area (Å²) in [5.41, 5.74) is -0.567. The number of nitrogens with zero attached hydrogens (tertiary/aromatic N) is 1. The lowest BCUT2D eigenvalue weighted by molar-refractivity contribution is -0.385. The van der Waals surface area contributed by atoms with Crippen LogP contribution in [0.5, 0.6) is 0 Å². The van der Waals surface area contributed by atoms with Crippen molar-refractivity contribution in [2.75, 3.05) is 0 Å². The highest BCUT2D eigenvalue weighted by Gasteiger charge is 2.39. The largest absolute Gasteiger partial charge is 0.414 e. The fourth-order valence-corrected chi connectivity index (χ4v) is 1.19. The average Bonchev–Trinajstić information content (AvgIpc) is 2.16. The summed E-state index contributed by atoms with van der Waals surface area (Å²) in [6.07, 6.45) is -8.18. The van der Waals surface area contributed by atoms with Gasteiger partial charge in [-0.15, -0.1) is 0 Å². The van der Waals surface area contributed by atoms with E-state index in [2.05, 4.69) is 0 Å². The maximum atomic E-state index is 12.0. The Kier molecular flexibility index (Phi) is 3.48.